The normalized spacial score (nSPS) is 17.3. The summed E-state index contributed by atoms with van der Waals surface area (Å²) in [4.78, 5) is 29.4. The molecule has 1 aliphatic carbocycles. The molecule has 156 valence electrons. The summed E-state index contributed by atoms with van der Waals surface area (Å²) in [6.45, 7) is 1.73. The van der Waals surface area contributed by atoms with E-state index in [1.165, 1.54) is 12.1 Å². The highest BCUT2D eigenvalue weighted by Gasteiger charge is 2.37. The average molecular weight is 407 g/mol. The second-order valence-electron chi connectivity index (χ2n) is 8.17. The first-order valence-electron chi connectivity index (χ1n) is 10.7. The molecule has 0 N–H and O–H groups in total. The molecule has 5 heteroatoms. The van der Waals surface area contributed by atoms with Crippen LogP contribution in [0.15, 0.2) is 60.7 Å². The van der Waals surface area contributed by atoms with E-state index >= 15 is 0 Å². The lowest BCUT2D eigenvalue weighted by atomic mass is 9.94. The van der Waals surface area contributed by atoms with Crippen LogP contribution in [-0.4, -0.2) is 40.7 Å². The van der Waals surface area contributed by atoms with Gasteiger partial charge in [0.1, 0.15) is 5.82 Å². The van der Waals surface area contributed by atoms with Crippen LogP contribution < -0.4 is 0 Å². The first-order valence-corrected chi connectivity index (χ1v) is 10.7. The van der Waals surface area contributed by atoms with Gasteiger partial charge in [-0.2, -0.15) is 0 Å². The first-order chi connectivity index (χ1) is 14.6. The highest BCUT2D eigenvalue weighted by molar-refractivity contribution is 5.92. The summed E-state index contributed by atoms with van der Waals surface area (Å²) in [5, 5.41) is 0. The van der Waals surface area contributed by atoms with E-state index < -0.39 is 0 Å². The minimum atomic E-state index is -0.263. The maximum Gasteiger partial charge on any atom is 0.246 e. The average Bonchev–Trinajstić information content (AvgIpc) is 3.63. The van der Waals surface area contributed by atoms with E-state index in [2.05, 4.69) is 0 Å². The van der Waals surface area contributed by atoms with E-state index in [9.17, 15) is 14.0 Å². The van der Waals surface area contributed by atoms with Crippen LogP contribution >= 0.6 is 0 Å². The third kappa shape index (κ3) is 5.15. The van der Waals surface area contributed by atoms with Crippen molar-refractivity contribution in [2.75, 3.05) is 13.1 Å². The van der Waals surface area contributed by atoms with Gasteiger partial charge in [-0.15, -0.1) is 0 Å². The zero-order valence-electron chi connectivity index (χ0n) is 17.0. The lowest BCUT2D eigenvalue weighted by molar-refractivity contribution is -0.140. The maximum absolute atomic E-state index is 13.2. The summed E-state index contributed by atoms with van der Waals surface area (Å²) >= 11 is 0. The van der Waals surface area contributed by atoms with Gasteiger partial charge in [-0.3, -0.25) is 9.59 Å². The second kappa shape index (κ2) is 9.24. The van der Waals surface area contributed by atoms with Crippen molar-refractivity contribution >= 4 is 17.9 Å². The van der Waals surface area contributed by atoms with Crippen LogP contribution in [0.5, 0.6) is 0 Å². The van der Waals surface area contributed by atoms with Crippen molar-refractivity contribution < 1.29 is 14.0 Å². The van der Waals surface area contributed by atoms with Gasteiger partial charge in [0.2, 0.25) is 11.8 Å². The maximum atomic E-state index is 13.2. The molecule has 1 heterocycles. The van der Waals surface area contributed by atoms with Gasteiger partial charge < -0.3 is 9.80 Å². The molecule has 30 heavy (non-hydrogen) atoms. The van der Waals surface area contributed by atoms with Gasteiger partial charge in [0.25, 0.3) is 0 Å². The van der Waals surface area contributed by atoms with Crippen LogP contribution in [0.3, 0.4) is 0 Å². The topological polar surface area (TPSA) is 40.6 Å². The van der Waals surface area contributed by atoms with Crippen molar-refractivity contribution in [3.8, 4) is 0 Å². The molecule has 1 aliphatic heterocycles. The van der Waals surface area contributed by atoms with Crippen LogP contribution in [0.25, 0.3) is 6.08 Å². The number of carbonyl (C=O) groups is 2. The van der Waals surface area contributed by atoms with Crippen LogP contribution in [0, 0.1) is 11.7 Å². The molecule has 1 saturated carbocycles. The van der Waals surface area contributed by atoms with E-state index in [0.29, 0.717) is 38.5 Å². The largest absolute Gasteiger partial charge is 0.339 e. The Hall–Kier alpha value is -2.95. The minimum absolute atomic E-state index is 0.00452. The fraction of sp³-hybridized carbons (Fsp3) is 0.360. The van der Waals surface area contributed by atoms with E-state index in [1.807, 2.05) is 46.2 Å². The summed E-state index contributed by atoms with van der Waals surface area (Å²) in [6.07, 6.45) is 6.90. The molecule has 0 bridgehead atoms. The molecule has 0 radical (unpaired) electrons. The summed E-state index contributed by atoms with van der Waals surface area (Å²) in [5.41, 5.74) is 1.95. The van der Waals surface area contributed by atoms with Crippen LogP contribution in [0.2, 0.25) is 0 Å². The summed E-state index contributed by atoms with van der Waals surface area (Å²) < 4.78 is 13.2. The van der Waals surface area contributed by atoms with Crippen molar-refractivity contribution in [2.45, 2.75) is 38.3 Å². The Balaban J connectivity index is 1.32. The molecule has 0 aromatic heterocycles. The third-order valence-corrected chi connectivity index (χ3v) is 5.91. The van der Waals surface area contributed by atoms with Gasteiger partial charge in [0, 0.05) is 37.7 Å². The smallest absolute Gasteiger partial charge is 0.246 e. The number of hydrogen-bond acceptors (Lipinski definition) is 2. The van der Waals surface area contributed by atoms with Gasteiger partial charge in [0.15, 0.2) is 0 Å². The molecule has 4 nitrogen and oxygen atoms in total. The van der Waals surface area contributed by atoms with Crippen molar-refractivity contribution in [3.05, 3.63) is 77.6 Å². The number of amides is 2. The number of hydrogen-bond donors (Lipinski definition) is 0. The van der Waals surface area contributed by atoms with Crippen molar-refractivity contribution in [3.63, 3.8) is 0 Å². The molecule has 0 atom stereocenters. The van der Waals surface area contributed by atoms with Gasteiger partial charge in [-0.1, -0.05) is 42.5 Å². The second-order valence-corrected chi connectivity index (χ2v) is 8.17. The van der Waals surface area contributed by atoms with Crippen molar-refractivity contribution in [1.29, 1.82) is 0 Å². The predicted molar refractivity (Wildman–Crippen MR) is 115 cm³/mol. The van der Waals surface area contributed by atoms with Crippen LogP contribution in [0.1, 0.15) is 36.8 Å². The Morgan fingerprint density at radius 3 is 2.27 bits per heavy atom. The van der Waals surface area contributed by atoms with Crippen molar-refractivity contribution in [2.24, 2.45) is 5.92 Å². The molecule has 2 fully saturated rings. The number of carbonyl (C=O) groups excluding carboxylic acids is 2. The zero-order chi connectivity index (χ0) is 20.9. The van der Waals surface area contributed by atoms with Crippen LogP contribution in [-0.2, 0) is 16.1 Å². The van der Waals surface area contributed by atoms with Gasteiger partial charge in [-0.05, 0) is 55.0 Å². The molecule has 0 spiro atoms. The molecule has 2 aromatic rings. The Bertz CT molecular complexity index is 899. The summed E-state index contributed by atoms with van der Waals surface area (Å²) in [6, 6.07) is 16.4. The number of rotatable bonds is 6. The predicted octanol–water partition coefficient (Wildman–Crippen LogP) is 4.27. The molecule has 1 saturated heterocycles. The van der Waals surface area contributed by atoms with E-state index in [0.717, 1.165) is 24.0 Å². The fourth-order valence-electron chi connectivity index (χ4n) is 3.98. The molecule has 2 amide bonds. The molecular weight excluding hydrogens is 379 g/mol. The van der Waals surface area contributed by atoms with E-state index in [1.54, 1.807) is 18.2 Å². The highest BCUT2D eigenvalue weighted by atomic mass is 19.1. The molecule has 4 rings (SSSR count). The Morgan fingerprint density at radius 2 is 1.63 bits per heavy atom. The van der Waals surface area contributed by atoms with Gasteiger partial charge in [0.05, 0.1) is 0 Å². The lowest BCUT2D eigenvalue weighted by Crippen LogP contribution is -2.44. The van der Waals surface area contributed by atoms with E-state index in [-0.39, 0.29) is 23.5 Å². The molecule has 0 unspecified atom stereocenters. The number of nitrogens with zero attached hydrogens (tertiary/aromatic N) is 2. The Labute approximate surface area is 177 Å². The third-order valence-electron chi connectivity index (χ3n) is 5.91. The number of likely N-dealkylation sites (tertiary alicyclic amines) is 1. The minimum Gasteiger partial charge on any atom is -0.339 e. The Kier molecular flexibility index (Phi) is 6.26. The van der Waals surface area contributed by atoms with Crippen LogP contribution in [0.4, 0.5) is 4.39 Å². The zero-order valence-corrected chi connectivity index (χ0v) is 17.0. The monoisotopic (exact) mass is 406 g/mol. The SMILES string of the molecule is O=C(/C=C/c1ccccc1)N1CCC(C(=O)N(Cc2ccc(F)cc2)C2CC2)CC1. The number of piperidine rings is 1. The summed E-state index contributed by atoms with van der Waals surface area (Å²) in [5.74, 6) is -0.140. The molecular formula is C25H27FN2O2. The first kappa shape index (κ1) is 20.3. The lowest BCUT2D eigenvalue weighted by Gasteiger charge is -2.34. The Morgan fingerprint density at radius 1 is 0.967 bits per heavy atom. The fourth-order valence-corrected chi connectivity index (χ4v) is 3.98. The quantitative estimate of drug-likeness (QED) is 0.673. The number of halogens is 1. The van der Waals surface area contributed by atoms with Gasteiger partial charge in [-0.25, -0.2) is 4.39 Å². The van der Waals surface area contributed by atoms with Gasteiger partial charge >= 0.3 is 0 Å². The van der Waals surface area contributed by atoms with Crippen molar-refractivity contribution in [1.82, 2.24) is 9.80 Å². The number of benzene rings is 2. The standard InChI is InChI=1S/C25H27FN2O2/c26-22-9-6-20(7-10-22)18-28(23-11-12-23)25(30)21-14-16-27(17-15-21)24(29)13-8-19-4-2-1-3-5-19/h1-10,13,21,23H,11-12,14-18H2/b13-8+. The summed E-state index contributed by atoms with van der Waals surface area (Å²) in [7, 11) is 0. The highest BCUT2D eigenvalue weighted by Crippen LogP contribution is 2.32. The molecule has 2 aliphatic rings. The molecule has 2 aromatic carbocycles. The van der Waals surface area contributed by atoms with E-state index in [4.69, 9.17) is 0 Å².